The highest BCUT2D eigenvalue weighted by Crippen LogP contribution is 2.19. The number of allylic oxidation sites excluding steroid dienone is 1. The van der Waals surface area contributed by atoms with Gasteiger partial charge in [-0.15, -0.1) is 0 Å². The third-order valence-corrected chi connectivity index (χ3v) is 4.56. The minimum atomic E-state index is 0.150. The van der Waals surface area contributed by atoms with Gasteiger partial charge in [-0.2, -0.15) is 4.57 Å². The lowest BCUT2D eigenvalue weighted by Crippen LogP contribution is -2.46. The van der Waals surface area contributed by atoms with Gasteiger partial charge in [-0.25, -0.2) is 0 Å². The highest BCUT2D eigenvalue weighted by atomic mass is 16.1. The molecule has 1 aliphatic heterocycles. The third-order valence-electron chi connectivity index (χ3n) is 4.56. The van der Waals surface area contributed by atoms with E-state index in [1.54, 1.807) is 7.05 Å². The zero-order valence-corrected chi connectivity index (χ0v) is 14.4. The standard InChI is InChI=1S/C19H28N2O/c1-14-10-11-18-16(3)12-15(2)17(21(18)13-14)8-6-5-7-9-19(22)20-4/h10-12,14H,5-9,13H2,1-4H3/p+1. The van der Waals surface area contributed by atoms with Crippen LogP contribution in [0.1, 0.15) is 55.1 Å². The molecular formula is C19H29N2O+. The number of carbonyl (C=O) groups excluding carboxylic acids is 1. The van der Waals surface area contributed by atoms with E-state index >= 15 is 0 Å². The first-order chi connectivity index (χ1) is 10.5. The van der Waals surface area contributed by atoms with Gasteiger partial charge in [-0.05, 0) is 32.8 Å². The van der Waals surface area contributed by atoms with Crippen molar-refractivity contribution in [2.45, 2.75) is 59.4 Å². The van der Waals surface area contributed by atoms with Crippen molar-refractivity contribution >= 4 is 12.0 Å². The minimum Gasteiger partial charge on any atom is -0.359 e. The van der Waals surface area contributed by atoms with Crippen LogP contribution in [0.5, 0.6) is 0 Å². The summed E-state index contributed by atoms with van der Waals surface area (Å²) in [7, 11) is 1.70. The van der Waals surface area contributed by atoms with Crippen molar-refractivity contribution in [3.63, 3.8) is 0 Å². The van der Waals surface area contributed by atoms with Crippen molar-refractivity contribution < 1.29 is 9.36 Å². The second-order valence-electron chi connectivity index (χ2n) is 6.52. The van der Waals surface area contributed by atoms with Gasteiger partial charge in [0.1, 0.15) is 0 Å². The molecule has 1 aliphatic rings. The smallest absolute Gasteiger partial charge is 0.219 e. The van der Waals surface area contributed by atoms with E-state index in [-0.39, 0.29) is 5.91 Å². The van der Waals surface area contributed by atoms with Crippen LogP contribution in [0.3, 0.4) is 0 Å². The molecule has 0 aliphatic carbocycles. The van der Waals surface area contributed by atoms with Crippen molar-refractivity contribution in [3.05, 3.63) is 34.7 Å². The van der Waals surface area contributed by atoms with Gasteiger partial charge in [-0.3, -0.25) is 4.79 Å². The van der Waals surface area contributed by atoms with E-state index in [0.29, 0.717) is 12.3 Å². The van der Waals surface area contributed by atoms with Crippen LogP contribution in [0.15, 0.2) is 12.1 Å². The number of nitrogens with one attached hydrogen (secondary N) is 1. The number of aryl methyl sites for hydroxylation is 2. The average Bonchev–Trinajstić information content (AvgIpc) is 2.49. The Morgan fingerprint density at radius 2 is 2.05 bits per heavy atom. The molecule has 0 bridgehead atoms. The maximum absolute atomic E-state index is 11.2. The van der Waals surface area contributed by atoms with Crippen LogP contribution in [-0.2, 0) is 17.8 Å². The Hall–Kier alpha value is -1.64. The molecule has 1 aromatic rings. The lowest BCUT2D eigenvalue weighted by Gasteiger charge is -2.17. The van der Waals surface area contributed by atoms with Gasteiger partial charge in [0.15, 0.2) is 12.2 Å². The Kier molecular flexibility index (Phi) is 5.76. The molecule has 1 N–H and O–H groups in total. The zero-order chi connectivity index (χ0) is 16.1. The molecule has 3 heteroatoms. The predicted octanol–water partition coefficient (Wildman–Crippen LogP) is 3.10. The number of aromatic nitrogens is 1. The summed E-state index contributed by atoms with van der Waals surface area (Å²) in [6, 6.07) is 2.31. The molecule has 0 saturated carbocycles. The Morgan fingerprint density at radius 1 is 1.27 bits per heavy atom. The lowest BCUT2D eigenvalue weighted by molar-refractivity contribution is -0.712. The van der Waals surface area contributed by atoms with E-state index in [4.69, 9.17) is 0 Å². The lowest BCUT2D eigenvalue weighted by atomic mass is 9.98. The molecule has 120 valence electrons. The summed E-state index contributed by atoms with van der Waals surface area (Å²) in [5, 5.41) is 2.68. The van der Waals surface area contributed by atoms with Gasteiger partial charge >= 0.3 is 0 Å². The van der Waals surface area contributed by atoms with Crippen molar-refractivity contribution in [1.82, 2.24) is 5.32 Å². The van der Waals surface area contributed by atoms with Gasteiger partial charge in [-0.1, -0.05) is 19.4 Å². The molecule has 1 aromatic heterocycles. The first kappa shape index (κ1) is 16.7. The molecule has 1 amide bonds. The number of amides is 1. The Morgan fingerprint density at radius 3 is 2.77 bits per heavy atom. The Balaban J connectivity index is 2.02. The molecule has 1 unspecified atom stereocenters. The molecule has 0 aromatic carbocycles. The number of pyridine rings is 1. The molecule has 0 radical (unpaired) electrons. The van der Waals surface area contributed by atoms with Gasteiger partial charge in [0.05, 0.1) is 0 Å². The van der Waals surface area contributed by atoms with Crippen molar-refractivity contribution in [2.75, 3.05) is 7.05 Å². The number of unbranched alkanes of at least 4 members (excludes halogenated alkanes) is 2. The number of hydrogen-bond donors (Lipinski definition) is 1. The van der Waals surface area contributed by atoms with Crippen LogP contribution in [0.25, 0.3) is 6.08 Å². The van der Waals surface area contributed by atoms with Crippen LogP contribution in [-0.4, -0.2) is 13.0 Å². The SMILES string of the molecule is CNC(=O)CCCCCc1c(C)cc(C)c2[n+]1CC(C)C=C2. The molecule has 0 saturated heterocycles. The third kappa shape index (κ3) is 3.96. The summed E-state index contributed by atoms with van der Waals surface area (Å²) in [5.74, 6) is 0.753. The topological polar surface area (TPSA) is 33.0 Å². The molecular weight excluding hydrogens is 272 g/mol. The molecule has 0 fully saturated rings. The maximum atomic E-state index is 11.2. The molecule has 1 atom stereocenters. The van der Waals surface area contributed by atoms with E-state index in [9.17, 15) is 4.79 Å². The Bertz CT molecular complexity index is 575. The number of fused-ring (bicyclic) bond motifs is 1. The first-order valence-electron chi connectivity index (χ1n) is 8.44. The molecule has 22 heavy (non-hydrogen) atoms. The van der Waals surface area contributed by atoms with Gasteiger partial charge in [0.25, 0.3) is 0 Å². The molecule has 2 heterocycles. The second-order valence-corrected chi connectivity index (χ2v) is 6.52. The molecule has 3 nitrogen and oxygen atoms in total. The fraction of sp³-hybridized carbons (Fsp3) is 0.579. The summed E-state index contributed by atoms with van der Waals surface area (Å²) >= 11 is 0. The second kappa shape index (κ2) is 7.57. The number of nitrogens with zero attached hydrogens (tertiary/aromatic N) is 1. The van der Waals surface area contributed by atoms with Gasteiger partial charge < -0.3 is 5.32 Å². The minimum absolute atomic E-state index is 0.150. The highest BCUT2D eigenvalue weighted by molar-refractivity contribution is 5.75. The van der Waals surface area contributed by atoms with Crippen molar-refractivity contribution in [3.8, 4) is 0 Å². The summed E-state index contributed by atoms with van der Waals surface area (Å²) < 4.78 is 2.51. The summed E-state index contributed by atoms with van der Waals surface area (Å²) in [6.07, 6.45) is 9.58. The van der Waals surface area contributed by atoms with Gasteiger partial charge in [0, 0.05) is 43.0 Å². The first-order valence-corrected chi connectivity index (χ1v) is 8.44. The number of rotatable bonds is 6. The van der Waals surface area contributed by atoms with E-state index in [0.717, 1.165) is 32.2 Å². The number of carbonyl (C=O) groups is 1. The van der Waals surface area contributed by atoms with Crippen LogP contribution < -0.4 is 9.88 Å². The number of hydrogen-bond acceptors (Lipinski definition) is 1. The van der Waals surface area contributed by atoms with E-state index < -0.39 is 0 Å². The van der Waals surface area contributed by atoms with Crippen LogP contribution in [0.4, 0.5) is 0 Å². The van der Waals surface area contributed by atoms with Crippen LogP contribution >= 0.6 is 0 Å². The van der Waals surface area contributed by atoms with E-state index in [2.05, 4.69) is 48.9 Å². The highest BCUT2D eigenvalue weighted by Gasteiger charge is 2.24. The normalized spacial score (nSPS) is 16.5. The molecule has 2 rings (SSSR count). The monoisotopic (exact) mass is 301 g/mol. The van der Waals surface area contributed by atoms with Gasteiger partial charge in [0.2, 0.25) is 11.6 Å². The fourth-order valence-electron chi connectivity index (χ4n) is 3.30. The fourth-order valence-corrected chi connectivity index (χ4v) is 3.30. The predicted molar refractivity (Wildman–Crippen MR) is 90.5 cm³/mol. The Labute approximate surface area is 134 Å². The van der Waals surface area contributed by atoms with Crippen LogP contribution in [0, 0.1) is 19.8 Å². The quantitative estimate of drug-likeness (QED) is 0.635. The zero-order valence-electron chi connectivity index (χ0n) is 14.4. The van der Waals surface area contributed by atoms with Crippen LogP contribution in [0.2, 0.25) is 0 Å². The molecule has 0 spiro atoms. The summed E-state index contributed by atoms with van der Waals surface area (Å²) in [4.78, 5) is 11.2. The maximum Gasteiger partial charge on any atom is 0.219 e. The summed E-state index contributed by atoms with van der Waals surface area (Å²) in [5.41, 5.74) is 5.60. The summed E-state index contributed by atoms with van der Waals surface area (Å²) in [6.45, 7) is 7.79. The van der Waals surface area contributed by atoms with E-state index in [1.807, 2.05) is 0 Å². The van der Waals surface area contributed by atoms with Crippen molar-refractivity contribution in [1.29, 1.82) is 0 Å². The van der Waals surface area contributed by atoms with Crippen molar-refractivity contribution in [2.24, 2.45) is 5.92 Å². The largest absolute Gasteiger partial charge is 0.359 e. The van der Waals surface area contributed by atoms with E-state index in [1.165, 1.54) is 22.5 Å². The average molecular weight is 301 g/mol.